The number of nitrogens with one attached hydrogen (secondary N) is 1. The van der Waals surface area contributed by atoms with Crippen LogP contribution in [0, 0.1) is 0 Å². The zero-order valence-electron chi connectivity index (χ0n) is 12.3. The Kier molecular flexibility index (Phi) is 3.85. The van der Waals surface area contributed by atoms with Crippen molar-refractivity contribution in [2.24, 2.45) is 0 Å². The van der Waals surface area contributed by atoms with Crippen molar-refractivity contribution >= 4 is 11.9 Å². The first-order valence-electron chi connectivity index (χ1n) is 7.13. The molecule has 3 rings (SSSR count). The van der Waals surface area contributed by atoms with Crippen LogP contribution in [0.1, 0.15) is 12.8 Å². The van der Waals surface area contributed by atoms with E-state index < -0.39 is 0 Å². The molecule has 110 valence electrons. The van der Waals surface area contributed by atoms with Gasteiger partial charge in [-0.3, -0.25) is 0 Å². The van der Waals surface area contributed by atoms with Gasteiger partial charge in [0.15, 0.2) is 5.82 Å². The fourth-order valence-electron chi connectivity index (χ4n) is 2.40. The van der Waals surface area contributed by atoms with Gasteiger partial charge >= 0.3 is 0 Å². The van der Waals surface area contributed by atoms with Gasteiger partial charge in [-0.1, -0.05) is 0 Å². The molecule has 1 saturated heterocycles. The van der Waals surface area contributed by atoms with Gasteiger partial charge in [-0.2, -0.15) is 15.0 Å². The largest absolute Gasteiger partial charge is 0.497 e. The van der Waals surface area contributed by atoms with Crippen LogP contribution in [0.25, 0.3) is 11.4 Å². The molecule has 0 atom stereocenters. The molecule has 1 aliphatic rings. The Morgan fingerprint density at radius 2 is 1.76 bits per heavy atom. The lowest BCUT2D eigenvalue weighted by Crippen LogP contribution is -2.21. The molecule has 1 N–H and O–H groups in total. The van der Waals surface area contributed by atoms with Gasteiger partial charge in [0.05, 0.1) is 7.11 Å². The van der Waals surface area contributed by atoms with Gasteiger partial charge in [0.25, 0.3) is 0 Å². The number of nitrogens with zero attached hydrogens (tertiary/aromatic N) is 4. The minimum Gasteiger partial charge on any atom is -0.497 e. The van der Waals surface area contributed by atoms with E-state index in [1.54, 1.807) is 7.11 Å². The summed E-state index contributed by atoms with van der Waals surface area (Å²) in [4.78, 5) is 15.7. The van der Waals surface area contributed by atoms with E-state index in [4.69, 9.17) is 4.74 Å². The molecule has 6 nitrogen and oxygen atoms in total. The summed E-state index contributed by atoms with van der Waals surface area (Å²) in [6.07, 6.45) is 2.39. The average molecular weight is 285 g/mol. The predicted octanol–water partition coefficient (Wildman–Crippen LogP) is 2.19. The molecule has 0 unspecified atom stereocenters. The van der Waals surface area contributed by atoms with E-state index >= 15 is 0 Å². The van der Waals surface area contributed by atoms with Crippen LogP contribution in [0.4, 0.5) is 11.9 Å². The van der Waals surface area contributed by atoms with E-state index in [1.165, 1.54) is 12.8 Å². The third kappa shape index (κ3) is 2.89. The summed E-state index contributed by atoms with van der Waals surface area (Å²) in [5.74, 6) is 2.84. The minimum atomic E-state index is 0.595. The smallest absolute Gasteiger partial charge is 0.230 e. The van der Waals surface area contributed by atoms with Gasteiger partial charge in [-0.25, -0.2) is 0 Å². The zero-order valence-corrected chi connectivity index (χ0v) is 12.3. The van der Waals surface area contributed by atoms with Crippen LogP contribution in [0.15, 0.2) is 24.3 Å². The van der Waals surface area contributed by atoms with Crippen molar-refractivity contribution < 1.29 is 4.74 Å². The molecule has 2 aromatic rings. The molecule has 0 radical (unpaired) electrons. The van der Waals surface area contributed by atoms with Gasteiger partial charge in [-0.15, -0.1) is 0 Å². The van der Waals surface area contributed by atoms with Crippen LogP contribution >= 0.6 is 0 Å². The molecule has 0 amide bonds. The molecule has 21 heavy (non-hydrogen) atoms. The SMILES string of the molecule is CNc1nc(-c2ccc(OC)cc2)nc(N2CCCC2)n1. The average Bonchev–Trinajstić information content (AvgIpc) is 3.09. The number of hydrogen-bond acceptors (Lipinski definition) is 6. The summed E-state index contributed by atoms with van der Waals surface area (Å²) in [7, 11) is 3.48. The van der Waals surface area contributed by atoms with E-state index in [2.05, 4.69) is 25.2 Å². The van der Waals surface area contributed by atoms with Crippen molar-refractivity contribution in [3.63, 3.8) is 0 Å². The fourth-order valence-corrected chi connectivity index (χ4v) is 2.40. The van der Waals surface area contributed by atoms with Crippen molar-refractivity contribution in [2.45, 2.75) is 12.8 Å². The van der Waals surface area contributed by atoms with E-state index in [1.807, 2.05) is 31.3 Å². The first kappa shape index (κ1) is 13.6. The fraction of sp³-hybridized carbons (Fsp3) is 0.400. The van der Waals surface area contributed by atoms with Crippen LogP contribution in [-0.4, -0.2) is 42.2 Å². The molecule has 0 spiro atoms. The molecule has 0 saturated carbocycles. The van der Waals surface area contributed by atoms with Crippen molar-refractivity contribution in [1.82, 2.24) is 15.0 Å². The van der Waals surface area contributed by atoms with Crippen LogP contribution in [0.5, 0.6) is 5.75 Å². The van der Waals surface area contributed by atoms with E-state index in [9.17, 15) is 0 Å². The van der Waals surface area contributed by atoms with Crippen molar-refractivity contribution in [3.05, 3.63) is 24.3 Å². The van der Waals surface area contributed by atoms with Crippen molar-refractivity contribution in [2.75, 3.05) is 37.5 Å². The normalized spacial score (nSPS) is 14.3. The lowest BCUT2D eigenvalue weighted by Gasteiger charge is -2.16. The highest BCUT2D eigenvalue weighted by molar-refractivity contribution is 5.59. The minimum absolute atomic E-state index is 0.595. The maximum absolute atomic E-state index is 5.18. The molecular formula is C15H19N5O. The molecule has 1 fully saturated rings. The molecule has 1 aliphatic heterocycles. The van der Waals surface area contributed by atoms with Gasteiger partial charge in [-0.05, 0) is 37.1 Å². The molecule has 1 aromatic heterocycles. The summed E-state index contributed by atoms with van der Waals surface area (Å²) in [6, 6.07) is 7.74. The van der Waals surface area contributed by atoms with Gasteiger partial charge in [0.1, 0.15) is 5.75 Å². The number of methoxy groups -OCH3 is 1. The second-order valence-electron chi connectivity index (χ2n) is 4.96. The van der Waals surface area contributed by atoms with E-state index in [-0.39, 0.29) is 0 Å². The number of rotatable bonds is 4. The second kappa shape index (κ2) is 5.95. The Hall–Kier alpha value is -2.37. The number of ether oxygens (including phenoxy) is 1. The molecule has 1 aromatic carbocycles. The Morgan fingerprint density at radius 3 is 2.38 bits per heavy atom. The van der Waals surface area contributed by atoms with Crippen LogP contribution in [0.2, 0.25) is 0 Å². The molecule has 2 heterocycles. The third-order valence-electron chi connectivity index (χ3n) is 3.58. The summed E-state index contributed by atoms with van der Waals surface area (Å²) in [5.41, 5.74) is 0.954. The summed E-state index contributed by atoms with van der Waals surface area (Å²) in [5, 5.41) is 3.01. The highest BCUT2D eigenvalue weighted by Crippen LogP contribution is 2.23. The number of hydrogen-bond donors (Lipinski definition) is 1. The maximum atomic E-state index is 5.18. The quantitative estimate of drug-likeness (QED) is 0.929. The summed E-state index contributed by atoms with van der Waals surface area (Å²) < 4.78 is 5.18. The monoisotopic (exact) mass is 285 g/mol. The van der Waals surface area contributed by atoms with Crippen LogP contribution < -0.4 is 15.0 Å². The first-order valence-corrected chi connectivity index (χ1v) is 7.13. The Bertz CT molecular complexity index is 608. The zero-order chi connectivity index (χ0) is 14.7. The highest BCUT2D eigenvalue weighted by Gasteiger charge is 2.17. The van der Waals surface area contributed by atoms with E-state index in [0.29, 0.717) is 11.8 Å². The summed E-state index contributed by atoms with van der Waals surface area (Å²) >= 11 is 0. The second-order valence-corrected chi connectivity index (χ2v) is 4.96. The standard InChI is InChI=1S/C15H19N5O/c1-16-14-17-13(11-5-7-12(21-2)8-6-11)18-15(19-14)20-9-3-4-10-20/h5-8H,3-4,9-10H2,1-2H3,(H,16,17,18,19). The summed E-state index contributed by atoms with van der Waals surface area (Å²) in [6.45, 7) is 2.02. The van der Waals surface area contributed by atoms with E-state index in [0.717, 1.165) is 30.4 Å². The van der Waals surface area contributed by atoms with Gasteiger partial charge < -0.3 is 15.0 Å². The van der Waals surface area contributed by atoms with Gasteiger partial charge in [0, 0.05) is 25.7 Å². The van der Waals surface area contributed by atoms with Crippen molar-refractivity contribution in [3.8, 4) is 17.1 Å². The first-order chi connectivity index (χ1) is 10.3. The lowest BCUT2D eigenvalue weighted by atomic mass is 10.2. The maximum Gasteiger partial charge on any atom is 0.230 e. The predicted molar refractivity (Wildman–Crippen MR) is 82.8 cm³/mol. The molecule has 0 aliphatic carbocycles. The number of aromatic nitrogens is 3. The number of benzene rings is 1. The highest BCUT2D eigenvalue weighted by atomic mass is 16.5. The van der Waals surface area contributed by atoms with Crippen molar-refractivity contribution in [1.29, 1.82) is 0 Å². The lowest BCUT2D eigenvalue weighted by molar-refractivity contribution is 0.415. The Morgan fingerprint density at radius 1 is 1.05 bits per heavy atom. The Labute approximate surface area is 124 Å². The van der Waals surface area contributed by atoms with Crippen LogP contribution in [0.3, 0.4) is 0 Å². The molecular weight excluding hydrogens is 266 g/mol. The molecule has 6 heteroatoms. The van der Waals surface area contributed by atoms with Crippen LogP contribution in [-0.2, 0) is 0 Å². The Balaban J connectivity index is 1.97. The number of anilines is 2. The molecule has 0 bridgehead atoms. The third-order valence-corrected chi connectivity index (χ3v) is 3.58. The van der Waals surface area contributed by atoms with Gasteiger partial charge in [0.2, 0.25) is 11.9 Å². The topological polar surface area (TPSA) is 63.2 Å².